The summed E-state index contributed by atoms with van der Waals surface area (Å²) < 4.78 is 0. The fourth-order valence-corrected chi connectivity index (χ4v) is 1.45. The molecule has 0 aromatic heterocycles. The van der Waals surface area contributed by atoms with Crippen LogP contribution in [0.1, 0.15) is 22.8 Å². The summed E-state index contributed by atoms with van der Waals surface area (Å²) in [5.74, 6) is 0.0164. The number of hydrogen-bond acceptors (Lipinski definition) is 2. The van der Waals surface area contributed by atoms with E-state index in [0.717, 1.165) is 24.1 Å². The Kier molecular flexibility index (Phi) is 4.84. The molecule has 0 fully saturated rings. The van der Waals surface area contributed by atoms with Crippen LogP contribution >= 0.6 is 0 Å². The second-order valence-corrected chi connectivity index (χ2v) is 3.37. The molecule has 1 aromatic rings. The predicted molar refractivity (Wildman–Crippen MR) is 62.1 cm³/mol. The van der Waals surface area contributed by atoms with Gasteiger partial charge < -0.3 is 10.6 Å². The van der Waals surface area contributed by atoms with E-state index in [9.17, 15) is 4.79 Å². The van der Waals surface area contributed by atoms with Crippen LogP contribution in [-0.2, 0) is 6.42 Å². The van der Waals surface area contributed by atoms with E-state index in [4.69, 9.17) is 0 Å². The number of carbonyl (C=O) groups is 1. The summed E-state index contributed by atoms with van der Waals surface area (Å²) in [6.07, 6.45) is 0.885. The van der Waals surface area contributed by atoms with E-state index in [1.807, 2.05) is 31.3 Å². The number of hydrogen-bond donors (Lipinski definition) is 2. The molecule has 15 heavy (non-hydrogen) atoms. The molecule has 0 heterocycles. The summed E-state index contributed by atoms with van der Waals surface area (Å²) in [6.45, 7) is 3.51. The van der Waals surface area contributed by atoms with Crippen molar-refractivity contribution < 1.29 is 4.79 Å². The van der Waals surface area contributed by atoms with Crippen LogP contribution in [0, 0.1) is 0 Å². The number of likely N-dealkylation sites (N-methyl/N-ethyl adjacent to an activating group) is 1. The van der Waals surface area contributed by atoms with Crippen molar-refractivity contribution in [2.75, 3.05) is 20.1 Å². The highest BCUT2D eigenvalue weighted by Gasteiger charge is 2.07. The van der Waals surface area contributed by atoms with E-state index in [0.29, 0.717) is 6.54 Å². The van der Waals surface area contributed by atoms with Gasteiger partial charge in [0.25, 0.3) is 5.91 Å². The summed E-state index contributed by atoms with van der Waals surface area (Å²) >= 11 is 0. The van der Waals surface area contributed by atoms with Gasteiger partial charge in [-0.05, 0) is 25.1 Å². The van der Waals surface area contributed by atoms with Crippen LogP contribution < -0.4 is 10.6 Å². The van der Waals surface area contributed by atoms with E-state index in [2.05, 4.69) is 17.6 Å². The van der Waals surface area contributed by atoms with Crippen LogP contribution in [0.25, 0.3) is 0 Å². The molecule has 0 atom stereocenters. The maximum absolute atomic E-state index is 11.8. The number of rotatable bonds is 5. The van der Waals surface area contributed by atoms with E-state index in [-0.39, 0.29) is 5.91 Å². The minimum absolute atomic E-state index is 0.0164. The summed E-state index contributed by atoms with van der Waals surface area (Å²) in [5, 5.41) is 5.86. The predicted octanol–water partition coefficient (Wildman–Crippen LogP) is 1.20. The average Bonchev–Trinajstić information content (AvgIpc) is 2.29. The van der Waals surface area contributed by atoms with Crippen molar-refractivity contribution in [3.05, 3.63) is 35.4 Å². The SMILES string of the molecule is CCc1ccccc1C(=O)NCCNC. The highest BCUT2D eigenvalue weighted by Crippen LogP contribution is 2.08. The zero-order chi connectivity index (χ0) is 11.1. The standard InChI is InChI=1S/C12H18N2O/c1-3-10-6-4-5-7-11(10)12(15)14-9-8-13-2/h4-7,13H,3,8-9H2,1-2H3,(H,14,15). The van der Waals surface area contributed by atoms with E-state index in [1.54, 1.807) is 0 Å². The molecule has 3 nitrogen and oxygen atoms in total. The van der Waals surface area contributed by atoms with Gasteiger partial charge in [0.2, 0.25) is 0 Å². The third-order valence-electron chi connectivity index (χ3n) is 2.30. The van der Waals surface area contributed by atoms with Crippen LogP contribution in [-0.4, -0.2) is 26.0 Å². The van der Waals surface area contributed by atoms with Crippen molar-refractivity contribution in [2.45, 2.75) is 13.3 Å². The second kappa shape index (κ2) is 6.19. The Bertz CT molecular complexity index is 323. The Morgan fingerprint density at radius 1 is 1.27 bits per heavy atom. The Morgan fingerprint density at radius 2 is 2.00 bits per heavy atom. The number of nitrogens with one attached hydrogen (secondary N) is 2. The summed E-state index contributed by atoms with van der Waals surface area (Å²) in [7, 11) is 1.87. The third kappa shape index (κ3) is 3.36. The van der Waals surface area contributed by atoms with Gasteiger partial charge in [-0.25, -0.2) is 0 Å². The lowest BCUT2D eigenvalue weighted by Gasteiger charge is -2.08. The Morgan fingerprint density at radius 3 is 2.67 bits per heavy atom. The maximum Gasteiger partial charge on any atom is 0.251 e. The minimum Gasteiger partial charge on any atom is -0.351 e. The summed E-state index contributed by atoms with van der Waals surface area (Å²) in [5.41, 5.74) is 1.88. The number of benzene rings is 1. The van der Waals surface area contributed by atoms with Crippen molar-refractivity contribution in [1.82, 2.24) is 10.6 Å². The first kappa shape index (κ1) is 11.7. The van der Waals surface area contributed by atoms with E-state index < -0.39 is 0 Å². The molecule has 0 unspecified atom stereocenters. The zero-order valence-corrected chi connectivity index (χ0v) is 9.34. The van der Waals surface area contributed by atoms with Gasteiger partial charge in [-0.2, -0.15) is 0 Å². The lowest BCUT2D eigenvalue weighted by atomic mass is 10.0. The molecule has 0 radical (unpaired) electrons. The molecule has 1 amide bonds. The van der Waals surface area contributed by atoms with Gasteiger partial charge in [0.05, 0.1) is 0 Å². The van der Waals surface area contributed by atoms with Gasteiger partial charge >= 0.3 is 0 Å². The van der Waals surface area contributed by atoms with Gasteiger partial charge in [0, 0.05) is 18.7 Å². The van der Waals surface area contributed by atoms with Crippen molar-refractivity contribution in [3.63, 3.8) is 0 Å². The van der Waals surface area contributed by atoms with Crippen molar-refractivity contribution in [3.8, 4) is 0 Å². The highest BCUT2D eigenvalue weighted by molar-refractivity contribution is 5.95. The fraction of sp³-hybridized carbons (Fsp3) is 0.417. The highest BCUT2D eigenvalue weighted by atomic mass is 16.1. The Balaban J connectivity index is 2.64. The van der Waals surface area contributed by atoms with Crippen molar-refractivity contribution >= 4 is 5.91 Å². The quantitative estimate of drug-likeness (QED) is 0.711. The maximum atomic E-state index is 11.8. The molecule has 2 N–H and O–H groups in total. The van der Waals surface area contributed by atoms with Gasteiger partial charge in [0.15, 0.2) is 0 Å². The first-order valence-electron chi connectivity index (χ1n) is 5.30. The summed E-state index contributed by atoms with van der Waals surface area (Å²) in [6, 6.07) is 7.72. The fourth-order valence-electron chi connectivity index (χ4n) is 1.45. The van der Waals surface area contributed by atoms with Crippen LogP contribution in [0.3, 0.4) is 0 Å². The van der Waals surface area contributed by atoms with E-state index in [1.165, 1.54) is 0 Å². The molecule has 0 saturated carbocycles. The molecule has 0 bridgehead atoms. The van der Waals surface area contributed by atoms with Crippen LogP contribution in [0.5, 0.6) is 0 Å². The van der Waals surface area contributed by atoms with Crippen molar-refractivity contribution in [1.29, 1.82) is 0 Å². The van der Waals surface area contributed by atoms with Gasteiger partial charge in [-0.15, -0.1) is 0 Å². The number of aryl methyl sites for hydroxylation is 1. The Hall–Kier alpha value is -1.35. The van der Waals surface area contributed by atoms with Gasteiger partial charge in [0.1, 0.15) is 0 Å². The molecule has 0 spiro atoms. The first-order valence-corrected chi connectivity index (χ1v) is 5.30. The van der Waals surface area contributed by atoms with Crippen LogP contribution in [0.15, 0.2) is 24.3 Å². The first-order chi connectivity index (χ1) is 7.29. The number of amides is 1. The Labute approximate surface area is 90.9 Å². The summed E-state index contributed by atoms with van der Waals surface area (Å²) in [4.78, 5) is 11.8. The lowest BCUT2D eigenvalue weighted by molar-refractivity contribution is 0.0953. The lowest BCUT2D eigenvalue weighted by Crippen LogP contribution is -2.30. The molecule has 1 aromatic carbocycles. The molecule has 3 heteroatoms. The molecule has 0 saturated heterocycles. The van der Waals surface area contributed by atoms with Crippen molar-refractivity contribution in [2.24, 2.45) is 0 Å². The van der Waals surface area contributed by atoms with Gasteiger partial charge in [-0.1, -0.05) is 25.1 Å². The second-order valence-electron chi connectivity index (χ2n) is 3.37. The molecule has 0 aliphatic rings. The smallest absolute Gasteiger partial charge is 0.251 e. The van der Waals surface area contributed by atoms with Gasteiger partial charge in [-0.3, -0.25) is 4.79 Å². The molecule has 0 aliphatic carbocycles. The van der Waals surface area contributed by atoms with E-state index >= 15 is 0 Å². The third-order valence-corrected chi connectivity index (χ3v) is 2.30. The van der Waals surface area contributed by atoms with Crippen LogP contribution in [0.4, 0.5) is 0 Å². The minimum atomic E-state index is 0.0164. The average molecular weight is 206 g/mol. The topological polar surface area (TPSA) is 41.1 Å². The molecule has 1 rings (SSSR count). The number of carbonyl (C=O) groups excluding carboxylic acids is 1. The molecule has 0 aliphatic heterocycles. The largest absolute Gasteiger partial charge is 0.351 e. The zero-order valence-electron chi connectivity index (χ0n) is 9.34. The monoisotopic (exact) mass is 206 g/mol. The normalized spacial score (nSPS) is 10.0. The molecular weight excluding hydrogens is 188 g/mol. The molecular formula is C12H18N2O. The molecule has 82 valence electrons. The van der Waals surface area contributed by atoms with Crippen LogP contribution in [0.2, 0.25) is 0 Å².